The smallest absolute Gasteiger partial charge is 0.306 e. The van der Waals surface area contributed by atoms with E-state index in [1.807, 2.05) is 44.2 Å². The number of halogens is 1. The highest BCUT2D eigenvalue weighted by Crippen LogP contribution is 2.62. The number of ether oxygens (including phenoxy) is 1. The molecule has 2 atom stereocenters. The Bertz CT molecular complexity index is 1360. The number of rotatable bonds is 7. The van der Waals surface area contributed by atoms with Crippen LogP contribution < -0.4 is 10.1 Å². The van der Waals surface area contributed by atoms with Crippen molar-refractivity contribution in [1.29, 1.82) is 0 Å². The molecule has 0 aliphatic heterocycles. The van der Waals surface area contributed by atoms with Crippen molar-refractivity contribution < 1.29 is 23.8 Å². The van der Waals surface area contributed by atoms with Crippen LogP contribution in [0, 0.1) is 36.9 Å². The van der Waals surface area contributed by atoms with Gasteiger partial charge < -0.3 is 15.2 Å². The molecule has 1 spiro atoms. The van der Waals surface area contributed by atoms with Gasteiger partial charge in [-0.1, -0.05) is 31.2 Å². The SMILES string of the molecule is COc1cc(F)cc(-c2ccc(Cc3c(C)sc(C)c3C(=O)NC3CC4(C3)C[C@@H](C(=O)O)C4C)cc2)c1. The number of hydrogen-bond donors (Lipinski definition) is 2. The van der Waals surface area contributed by atoms with Crippen LogP contribution in [0.1, 0.15) is 57.4 Å². The van der Waals surface area contributed by atoms with Gasteiger partial charge in [-0.2, -0.15) is 0 Å². The van der Waals surface area contributed by atoms with Gasteiger partial charge in [-0.15, -0.1) is 11.3 Å². The Labute approximate surface area is 220 Å². The van der Waals surface area contributed by atoms with E-state index in [9.17, 15) is 19.1 Å². The van der Waals surface area contributed by atoms with E-state index in [4.69, 9.17) is 4.74 Å². The van der Waals surface area contributed by atoms with Crippen LogP contribution in [0.3, 0.4) is 0 Å². The summed E-state index contributed by atoms with van der Waals surface area (Å²) in [6.07, 6.45) is 3.06. The highest BCUT2D eigenvalue weighted by Gasteiger charge is 2.60. The second-order valence-electron chi connectivity index (χ2n) is 10.7. The summed E-state index contributed by atoms with van der Waals surface area (Å²) < 4.78 is 19.1. The monoisotopic (exact) mass is 521 g/mol. The minimum atomic E-state index is -0.705. The largest absolute Gasteiger partial charge is 0.497 e. The number of carbonyl (C=O) groups excluding carboxylic acids is 1. The first-order chi connectivity index (χ1) is 17.6. The first kappa shape index (κ1) is 25.5. The van der Waals surface area contributed by atoms with Gasteiger partial charge in [-0.05, 0) is 85.3 Å². The van der Waals surface area contributed by atoms with Gasteiger partial charge in [0.1, 0.15) is 11.6 Å². The summed E-state index contributed by atoms with van der Waals surface area (Å²) in [5, 5.41) is 12.5. The summed E-state index contributed by atoms with van der Waals surface area (Å²) in [6.45, 7) is 6.07. The van der Waals surface area contributed by atoms with E-state index in [1.165, 1.54) is 19.2 Å². The van der Waals surface area contributed by atoms with Crippen LogP contribution in [0.2, 0.25) is 0 Å². The van der Waals surface area contributed by atoms with Gasteiger partial charge in [0.25, 0.3) is 5.91 Å². The molecule has 0 saturated heterocycles. The Morgan fingerprint density at radius 1 is 1.08 bits per heavy atom. The molecule has 7 heteroatoms. The van der Waals surface area contributed by atoms with Crippen LogP contribution in [0.4, 0.5) is 4.39 Å². The molecule has 194 valence electrons. The quantitative estimate of drug-likeness (QED) is 0.378. The molecule has 2 fully saturated rings. The molecule has 1 amide bonds. The van der Waals surface area contributed by atoms with Crippen LogP contribution in [0.15, 0.2) is 42.5 Å². The van der Waals surface area contributed by atoms with Gasteiger partial charge in [0.15, 0.2) is 0 Å². The first-order valence-electron chi connectivity index (χ1n) is 12.7. The highest BCUT2D eigenvalue weighted by molar-refractivity contribution is 7.12. The van der Waals surface area contributed by atoms with Crippen molar-refractivity contribution in [3.05, 3.63) is 74.7 Å². The average Bonchev–Trinajstić information content (AvgIpc) is 3.11. The van der Waals surface area contributed by atoms with Gasteiger partial charge in [-0.3, -0.25) is 9.59 Å². The molecule has 2 aliphatic carbocycles. The zero-order valence-corrected chi connectivity index (χ0v) is 22.4. The second kappa shape index (κ2) is 9.60. The number of aryl methyl sites for hydroxylation is 2. The first-order valence-corrected chi connectivity index (χ1v) is 13.5. The van der Waals surface area contributed by atoms with E-state index in [2.05, 4.69) is 12.2 Å². The fraction of sp³-hybridized carbons (Fsp3) is 0.400. The van der Waals surface area contributed by atoms with E-state index in [0.29, 0.717) is 12.2 Å². The van der Waals surface area contributed by atoms with Crippen LogP contribution in [0.25, 0.3) is 11.1 Å². The number of methoxy groups -OCH3 is 1. The van der Waals surface area contributed by atoms with E-state index in [1.54, 1.807) is 11.3 Å². The molecular weight excluding hydrogens is 489 g/mol. The van der Waals surface area contributed by atoms with Crippen molar-refractivity contribution in [3.63, 3.8) is 0 Å². The molecule has 5 nitrogen and oxygen atoms in total. The van der Waals surface area contributed by atoms with E-state index in [-0.39, 0.29) is 35.0 Å². The Hall–Kier alpha value is -3.19. The molecule has 1 aromatic heterocycles. The third-order valence-electron chi connectivity index (χ3n) is 8.54. The maximum absolute atomic E-state index is 13.9. The fourth-order valence-corrected chi connectivity index (χ4v) is 7.37. The summed E-state index contributed by atoms with van der Waals surface area (Å²) in [4.78, 5) is 26.8. The molecule has 0 bridgehead atoms. The third-order valence-corrected chi connectivity index (χ3v) is 9.60. The number of carboxylic acid groups (broad SMARTS) is 1. The number of carboxylic acids is 1. The standard InChI is InChI=1S/C30H32FNO4S/c1-16-26(29(34)35)15-30(16)13-23(14-30)32-28(33)27-18(3)37-17(2)25(27)9-19-5-7-20(8-6-19)21-10-22(31)12-24(11-21)36-4/h5-8,10-12,16,23,26H,9,13-15H2,1-4H3,(H,32,33)(H,34,35)/t16?,23?,26-,30?/m1/s1. The van der Waals surface area contributed by atoms with Crippen LogP contribution in [-0.4, -0.2) is 30.1 Å². The molecule has 2 saturated carbocycles. The van der Waals surface area contributed by atoms with Gasteiger partial charge in [0, 0.05) is 21.9 Å². The lowest BCUT2D eigenvalue weighted by atomic mass is 9.44. The Morgan fingerprint density at radius 3 is 2.41 bits per heavy atom. The van der Waals surface area contributed by atoms with Gasteiger partial charge >= 0.3 is 5.97 Å². The lowest BCUT2D eigenvalue weighted by Gasteiger charge is -2.61. The van der Waals surface area contributed by atoms with Crippen LogP contribution in [0.5, 0.6) is 5.75 Å². The van der Waals surface area contributed by atoms with Crippen LogP contribution in [-0.2, 0) is 11.2 Å². The molecule has 1 unspecified atom stereocenters. The number of hydrogen-bond acceptors (Lipinski definition) is 4. The number of thiophene rings is 1. The number of aliphatic carboxylic acids is 1. The van der Waals surface area contributed by atoms with Gasteiger partial charge in [0.2, 0.25) is 0 Å². The molecule has 3 aromatic rings. The van der Waals surface area contributed by atoms with Gasteiger partial charge in [0.05, 0.1) is 18.6 Å². The minimum Gasteiger partial charge on any atom is -0.497 e. The number of carbonyl (C=O) groups is 2. The summed E-state index contributed by atoms with van der Waals surface area (Å²) in [5.41, 5.74) is 4.60. The van der Waals surface area contributed by atoms with Crippen molar-refractivity contribution >= 4 is 23.2 Å². The lowest BCUT2D eigenvalue weighted by molar-refractivity contribution is -0.170. The number of benzene rings is 2. The average molecular weight is 522 g/mol. The Balaban J connectivity index is 1.27. The molecule has 5 rings (SSSR count). The highest BCUT2D eigenvalue weighted by atomic mass is 32.1. The number of nitrogens with one attached hydrogen (secondary N) is 1. The molecule has 2 N–H and O–H groups in total. The van der Waals surface area contributed by atoms with E-state index >= 15 is 0 Å². The summed E-state index contributed by atoms with van der Waals surface area (Å²) >= 11 is 1.64. The van der Waals surface area contributed by atoms with Crippen LogP contribution >= 0.6 is 11.3 Å². The normalized spacial score (nSPS) is 24.3. The predicted octanol–water partition coefficient (Wildman–Crippen LogP) is 6.39. The maximum Gasteiger partial charge on any atom is 0.306 e. The maximum atomic E-state index is 13.9. The second-order valence-corrected chi connectivity index (χ2v) is 12.1. The molecular formula is C30H32FNO4S. The van der Waals surface area contributed by atoms with Crippen molar-refractivity contribution in [3.8, 4) is 16.9 Å². The molecule has 2 aliphatic rings. The third kappa shape index (κ3) is 4.65. The zero-order valence-electron chi connectivity index (χ0n) is 21.6. The van der Waals surface area contributed by atoms with Crippen molar-refractivity contribution in [2.24, 2.45) is 17.3 Å². The van der Waals surface area contributed by atoms with E-state index in [0.717, 1.165) is 56.8 Å². The zero-order chi connectivity index (χ0) is 26.5. The molecule has 37 heavy (non-hydrogen) atoms. The predicted molar refractivity (Wildman–Crippen MR) is 143 cm³/mol. The molecule has 1 heterocycles. The topological polar surface area (TPSA) is 75.6 Å². The summed E-state index contributed by atoms with van der Waals surface area (Å²) in [6, 6.07) is 12.7. The lowest BCUT2D eigenvalue weighted by Crippen LogP contribution is -2.62. The summed E-state index contributed by atoms with van der Waals surface area (Å²) in [7, 11) is 1.52. The van der Waals surface area contributed by atoms with Crippen molar-refractivity contribution in [1.82, 2.24) is 5.32 Å². The minimum absolute atomic E-state index is 0.0399. The van der Waals surface area contributed by atoms with E-state index < -0.39 is 5.97 Å². The molecule has 0 radical (unpaired) electrons. The Kier molecular flexibility index (Phi) is 6.61. The molecule has 2 aromatic carbocycles. The van der Waals surface area contributed by atoms with Gasteiger partial charge in [-0.25, -0.2) is 4.39 Å². The Morgan fingerprint density at radius 2 is 1.78 bits per heavy atom. The number of amides is 1. The van der Waals surface area contributed by atoms with Crippen molar-refractivity contribution in [2.45, 2.75) is 52.5 Å². The fourth-order valence-electron chi connectivity index (χ4n) is 6.29. The summed E-state index contributed by atoms with van der Waals surface area (Å²) in [5.74, 6) is -0.700. The van der Waals surface area contributed by atoms with Crippen molar-refractivity contribution in [2.75, 3.05) is 7.11 Å².